The monoisotopic (exact) mass is 596 g/mol. The number of carboxylic acid groups (broad SMARTS) is 1. The van der Waals surface area contributed by atoms with Gasteiger partial charge in [-0.25, -0.2) is 23.8 Å². The van der Waals surface area contributed by atoms with Gasteiger partial charge in [-0.2, -0.15) is 23.3 Å². The third-order valence-electron chi connectivity index (χ3n) is 5.24. The zero-order valence-electron chi connectivity index (χ0n) is 22.3. The Morgan fingerprint density at radius 2 is 1.85 bits per heavy atom. The molecule has 0 saturated carbocycles. The number of pyridine rings is 1. The van der Waals surface area contributed by atoms with Gasteiger partial charge in [0.15, 0.2) is 11.5 Å². The lowest BCUT2D eigenvalue weighted by molar-refractivity contribution is -0.141. The van der Waals surface area contributed by atoms with E-state index >= 15 is 0 Å². The molecule has 15 heteroatoms. The number of ether oxygens (including phenoxy) is 2. The van der Waals surface area contributed by atoms with Gasteiger partial charge >= 0.3 is 12.1 Å². The molecule has 4 rings (SSSR count). The minimum Gasteiger partial charge on any atom is -0.477 e. The summed E-state index contributed by atoms with van der Waals surface area (Å²) in [6.07, 6.45) is -2.19. The number of carboxylic acids is 1. The number of rotatable bonds is 9. The summed E-state index contributed by atoms with van der Waals surface area (Å²) in [6, 6.07) is 5.83. The Labute approximate surface area is 236 Å². The second-order valence-electron chi connectivity index (χ2n) is 7.99. The largest absolute Gasteiger partial charge is 0.477 e. The Morgan fingerprint density at radius 3 is 2.46 bits per heavy atom. The third kappa shape index (κ3) is 7.46. The number of halogens is 5. The fourth-order valence-corrected chi connectivity index (χ4v) is 3.60. The zero-order valence-corrected chi connectivity index (χ0v) is 23.0. The lowest BCUT2D eigenvalue weighted by Gasteiger charge is -2.14. The number of aromatic nitrogens is 5. The molecular weight excluding hydrogens is 572 g/mol. The minimum absolute atomic E-state index is 0.0396. The Hall–Kier alpha value is -4.30. The van der Waals surface area contributed by atoms with Crippen LogP contribution in [0.2, 0.25) is 5.02 Å². The molecule has 0 radical (unpaired) electrons. The van der Waals surface area contributed by atoms with Crippen LogP contribution in [0.15, 0.2) is 42.7 Å². The second-order valence-corrected chi connectivity index (χ2v) is 8.40. The van der Waals surface area contributed by atoms with E-state index in [1.54, 1.807) is 0 Å². The smallest absolute Gasteiger partial charge is 0.435 e. The van der Waals surface area contributed by atoms with Crippen molar-refractivity contribution in [2.45, 2.75) is 26.9 Å². The molecule has 0 amide bonds. The highest BCUT2D eigenvalue weighted by Crippen LogP contribution is 2.33. The number of hydrogen-bond donors (Lipinski definition) is 2. The summed E-state index contributed by atoms with van der Waals surface area (Å²) in [5, 5.41) is 16.0. The Bertz CT molecular complexity index is 1530. The van der Waals surface area contributed by atoms with E-state index in [4.69, 9.17) is 21.1 Å². The van der Waals surface area contributed by atoms with E-state index in [9.17, 15) is 27.5 Å². The van der Waals surface area contributed by atoms with Crippen molar-refractivity contribution < 1.29 is 36.9 Å². The number of nitrogens with zero attached hydrogens (tertiary/aromatic N) is 5. The van der Waals surface area contributed by atoms with Crippen LogP contribution >= 0.6 is 11.6 Å². The van der Waals surface area contributed by atoms with Crippen molar-refractivity contribution in [2.75, 3.05) is 25.6 Å². The van der Waals surface area contributed by atoms with Crippen molar-refractivity contribution in [3.05, 3.63) is 70.5 Å². The fraction of sp³-hybridized carbons (Fsp3) is 0.269. The number of benzene rings is 1. The van der Waals surface area contributed by atoms with Gasteiger partial charge in [-0.1, -0.05) is 25.4 Å². The molecule has 2 N–H and O–H groups in total. The maximum atomic E-state index is 13.6. The Balaban J connectivity index is 0.00000226. The first-order valence-corrected chi connectivity index (χ1v) is 12.4. The van der Waals surface area contributed by atoms with Crippen LogP contribution in [0, 0.1) is 12.7 Å². The van der Waals surface area contributed by atoms with Gasteiger partial charge in [0.05, 0.1) is 11.6 Å². The number of alkyl halides is 3. The van der Waals surface area contributed by atoms with Gasteiger partial charge in [0.25, 0.3) is 0 Å². The maximum absolute atomic E-state index is 13.6. The summed E-state index contributed by atoms with van der Waals surface area (Å²) >= 11 is 5.82. The van der Waals surface area contributed by atoms with Crippen molar-refractivity contribution in [2.24, 2.45) is 0 Å². The van der Waals surface area contributed by atoms with Gasteiger partial charge in [-0.3, -0.25) is 0 Å². The number of aromatic carboxylic acids is 1. The van der Waals surface area contributed by atoms with E-state index in [-0.39, 0.29) is 58.3 Å². The van der Waals surface area contributed by atoms with E-state index in [2.05, 4.69) is 25.4 Å². The van der Waals surface area contributed by atoms with Crippen LogP contribution in [0.5, 0.6) is 5.88 Å². The molecule has 3 heterocycles. The lowest BCUT2D eigenvalue weighted by atomic mass is 10.1. The summed E-state index contributed by atoms with van der Waals surface area (Å²) in [4.78, 5) is 24.5. The molecule has 0 aliphatic heterocycles. The molecule has 0 unspecified atom stereocenters. The number of hydrogen-bond acceptors (Lipinski definition) is 8. The number of anilines is 2. The lowest BCUT2D eigenvalue weighted by Crippen LogP contribution is -2.12. The molecule has 0 bridgehead atoms. The molecule has 41 heavy (non-hydrogen) atoms. The number of aryl methyl sites for hydroxylation is 1. The quantitative estimate of drug-likeness (QED) is 0.168. The van der Waals surface area contributed by atoms with Crippen LogP contribution in [-0.2, 0) is 10.9 Å². The van der Waals surface area contributed by atoms with Crippen molar-refractivity contribution in [3.63, 3.8) is 0 Å². The molecule has 0 saturated heterocycles. The molecule has 0 spiro atoms. The number of carbonyl (C=O) groups is 1. The highest BCUT2D eigenvalue weighted by Gasteiger charge is 2.35. The second kappa shape index (κ2) is 13.4. The minimum atomic E-state index is -4.73. The van der Waals surface area contributed by atoms with Crippen LogP contribution in [0.1, 0.15) is 35.6 Å². The molecule has 1 aromatic carbocycles. The summed E-state index contributed by atoms with van der Waals surface area (Å²) < 4.78 is 65.0. The average molecular weight is 597 g/mol. The molecule has 0 fully saturated rings. The van der Waals surface area contributed by atoms with Crippen LogP contribution < -0.4 is 10.1 Å². The highest BCUT2D eigenvalue weighted by molar-refractivity contribution is 6.31. The first-order chi connectivity index (χ1) is 19.5. The SMILES string of the molecule is CC.COCCOc1ncc(-c2cnc(Nc3ccc(F)c(Cl)c3)nc2-n2nc(C(F)(F)F)cc2C)cc1C(=O)O. The van der Waals surface area contributed by atoms with Gasteiger partial charge in [0.1, 0.15) is 18.0 Å². The van der Waals surface area contributed by atoms with Crippen molar-refractivity contribution in [1.82, 2.24) is 24.7 Å². The maximum Gasteiger partial charge on any atom is 0.435 e. The van der Waals surface area contributed by atoms with Crippen LogP contribution in [-0.4, -0.2) is 56.1 Å². The molecule has 0 aliphatic carbocycles. The predicted molar refractivity (Wildman–Crippen MR) is 142 cm³/mol. The number of methoxy groups -OCH3 is 1. The predicted octanol–water partition coefficient (Wildman–Crippen LogP) is 6.34. The standard InChI is InChI=1S/C24H19ClF4N6O4.C2H6/c1-12-7-19(24(27,28)29)34-35(12)20-16(11-31-23(33-20)32-14-3-4-18(26)17(25)9-14)13-8-15(22(36)37)21(30-10-13)39-6-5-38-2;1-2/h3-4,7-11H,5-6H2,1-2H3,(H,36,37)(H,31,32,33);1-2H3. The van der Waals surface area contributed by atoms with Crippen LogP contribution in [0.4, 0.5) is 29.2 Å². The molecule has 4 aromatic rings. The van der Waals surface area contributed by atoms with Crippen molar-refractivity contribution >= 4 is 29.2 Å². The van der Waals surface area contributed by atoms with E-state index in [0.29, 0.717) is 5.69 Å². The van der Waals surface area contributed by atoms with Gasteiger partial charge in [-0.05, 0) is 37.3 Å². The molecule has 0 atom stereocenters. The molecular formula is C26H25ClF4N6O4. The summed E-state index contributed by atoms with van der Waals surface area (Å²) in [7, 11) is 1.45. The van der Waals surface area contributed by atoms with E-state index in [1.165, 1.54) is 44.6 Å². The van der Waals surface area contributed by atoms with E-state index in [1.807, 2.05) is 13.8 Å². The first-order valence-electron chi connectivity index (χ1n) is 12.1. The fourth-order valence-electron chi connectivity index (χ4n) is 3.42. The number of nitrogens with one attached hydrogen (secondary N) is 1. The Kier molecular flexibility index (Phi) is 10.2. The van der Waals surface area contributed by atoms with Crippen molar-refractivity contribution in [3.8, 4) is 22.8 Å². The normalized spacial score (nSPS) is 11.0. The third-order valence-corrected chi connectivity index (χ3v) is 5.53. The topological polar surface area (TPSA) is 124 Å². The van der Waals surface area contributed by atoms with Gasteiger partial charge in [0, 0.05) is 42.0 Å². The first kappa shape index (κ1) is 31.2. The zero-order chi connectivity index (χ0) is 30.3. The summed E-state index contributed by atoms with van der Waals surface area (Å²) in [6.45, 7) is 5.63. The summed E-state index contributed by atoms with van der Waals surface area (Å²) in [5.74, 6) is -2.36. The van der Waals surface area contributed by atoms with Crippen LogP contribution in [0.3, 0.4) is 0 Å². The van der Waals surface area contributed by atoms with E-state index in [0.717, 1.165) is 16.8 Å². The summed E-state index contributed by atoms with van der Waals surface area (Å²) in [5.41, 5.74) is -0.775. The highest BCUT2D eigenvalue weighted by atomic mass is 35.5. The Morgan fingerprint density at radius 1 is 1.12 bits per heavy atom. The molecule has 10 nitrogen and oxygen atoms in total. The van der Waals surface area contributed by atoms with Gasteiger partial charge in [0.2, 0.25) is 11.8 Å². The van der Waals surface area contributed by atoms with Crippen LogP contribution in [0.25, 0.3) is 16.9 Å². The molecule has 218 valence electrons. The van der Waals surface area contributed by atoms with Gasteiger partial charge < -0.3 is 19.9 Å². The van der Waals surface area contributed by atoms with E-state index < -0.39 is 23.7 Å². The average Bonchev–Trinajstić information content (AvgIpc) is 3.34. The molecule has 3 aromatic heterocycles. The van der Waals surface area contributed by atoms with Gasteiger partial charge in [-0.15, -0.1) is 0 Å². The van der Waals surface area contributed by atoms with Crippen molar-refractivity contribution in [1.29, 1.82) is 0 Å². The molecule has 0 aliphatic rings.